The maximum atomic E-state index is 2.72. The van der Waals surface area contributed by atoms with Gasteiger partial charge in [-0.25, -0.2) is 0 Å². The van der Waals surface area contributed by atoms with E-state index in [1.54, 1.807) is 0 Å². The molecule has 0 radical (unpaired) electrons. The van der Waals surface area contributed by atoms with Gasteiger partial charge in [0.2, 0.25) is 0 Å². The molecule has 0 spiro atoms. The summed E-state index contributed by atoms with van der Waals surface area (Å²) in [5.41, 5.74) is 0.773. The Balaban J connectivity index is 1.75. The average molecular weight is 195 g/mol. The van der Waals surface area contributed by atoms with Crippen LogP contribution in [0.25, 0.3) is 0 Å². The monoisotopic (exact) mass is 195 g/mol. The van der Waals surface area contributed by atoms with Crippen LogP contribution >= 0.6 is 0 Å². The topological polar surface area (TPSA) is 3.24 Å². The van der Waals surface area contributed by atoms with Gasteiger partial charge in [0.1, 0.15) is 0 Å². The fourth-order valence-electron chi connectivity index (χ4n) is 2.89. The van der Waals surface area contributed by atoms with Crippen LogP contribution in [-0.4, -0.2) is 24.5 Å². The van der Waals surface area contributed by atoms with E-state index >= 15 is 0 Å². The molecular weight excluding hydrogens is 170 g/mol. The number of hydrogen-bond donors (Lipinski definition) is 0. The molecule has 1 nitrogen and oxygen atoms in total. The van der Waals surface area contributed by atoms with E-state index in [2.05, 4.69) is 18.7 Å². The lowest BCUT2D eigenvalue weighted by molar-refractivity contribution is 0.155. The highest BCUT2D eigenvalue weighted by atomic mass is 15.1. The molecule has 2 fully saturated rings. The van der Waals surface area contributed by atoms with Gasteiger partial charge in [0, 0.05) is 6.54 Å². The molecule has 1 heterocycles. The van der Waals surface area contributed by atoms with Crippen LogP contribution in [0.1, 0.15) is 52.4 Å². The Morgan fingerprint density at radius 1 is 1.21 bits per heavy atom. The Labute approximate surface area is 88.9 Å². The van der Waals surface area contributed by atoms with E-state index in [1.807, 2.05) is 0 Å². The first-order valence-corrected chi connectivity index (χ1v) is 6.46. The van der Waals surface area contributed by atoms with Gasteiger partial charge in [-0.2, -0.15) is 0 Å². The highest BCUT2D eigenvalue weighted by Crippen LogP contribution is 2.50. The van der Waals surface area contributed by atoms with Gasteiger partial charge >= 0.3 is 0 Å². The van der Waals surface area contributed by atoms with Crippen molar-refractivity contribution in [3.8, 4) is 0 Å². The van der Waals surface area contributed by atoms with Gasteiger partial charge in [-0.3, -0.25) is 0 Å². The van der Waals surface area contributed by atoms with E-state index in [4.69, 9.17) is 0 Å². The van der Waals surface area contributed by atoms with Crippen molar-refractivity contribution in [1.29, 1.82) is 0 Å². The Morgan fingerprint density at radius 3 is 2.36 bits per heavy atom. The Kier molecular flexibility index (Phi) is 3.16. The minimum absolute atomic E-state index is 0.773. The number of hydrogen-bond acceptors (Lipinski definition) is 1. The smallest absolute Gasteiger partial charge is 0.00380 e. The third kappa shape index (κ3) is 2.50. The molecule has 1 aliphatic heterocycles. The zero-order chi connectivity index (χ0) is 10.0. The molecule has 82 valence electrons. The summed E-state index contributed by atoms with van der Waals surface area (Å²) in [5, 5.41) is 0. The first-order valence-electron chi connectivity index (χ1n) is 6.46. The molecule has 1 saturated heterocycles. The fraction of sp³-hybridized carbons (Fsp3) is 1.00. The van der Waals surface area contributed by atoms with Crippen molar-refractivity contribution >= 4 is 0 Å². The predicted molar refractivity (Wildman–Crippen MR) is 61.4 cm³/mol. The first kappa shape index (κ1) is 10.5. The standard InChI is InChI=1S/C13H25N/c1-3-6-13(7-8-13)11-14-9-4-12(2)5-10-14/h12H,3-11H2,1-2H3. The molecule has 0 unspecified atom stereocenters. The van der Waals surface area contributed by atoms with Crippen molar-refractivity contribution in [2.24, 2.45) is 11.3 Å². The van der Waals surface area contributed by atoms with Crippen molar-refractivity contribution in [2.45, 2.75) is 52.4 Å². The van der Waals surface area contributed by atoms with E-state index < -0.39 is 0 Å². The molecule has 0 N–H and O–H groups in total. The minimum atomic E-state index is 0.773. The molecule has 0 atom stereocenters. The molecule has 14 heavy (non-hydrogen) atoms. The molecule has 0 aromatic heterocycles. The summed E-state index contributed by atoms with van der Waals surface area (Å²) in [6.45, 7) is 8.88. The van der Waals surface area contributed by atoms with Crippen LogP contribution in [0.5, 0.6) is 0 Å². The molecule has 2 aliphatic rings. The van der Waals surface area contributed by atoms with Crippen molar-refractivity contribution in [1.82, 2.24) is 4.90 Å². The Bertz CT molecular complexity index is 176. The maximum Gasteiger partial charge on any atom is 0.00380 e. The lowest BCUT2D eigenvalue weighted by Gasteiger charge is -2.33. The van der Waals surface area contributed by atoms with Gasteiger partial charge < -0.3 is 4.90 Å². The van der Waals surface area contributed by atoms with Gasteiger partial charge in [-0.05, 0) is 56.5 Å². The number of rotatable bonds is 4. The summed E-state index contributed by atoms with van der Waals surface area (Å²) < 4.78 is 0. The number of nitrogens with zero attached hydrogens (tertiary/aromatic N) is 1. The average Bonchev–Trinajstić information content (AvgIpc) is 2.90. The molecule has 1 aliphatic carbocycles. The maximum absolute atomic E-state index is 2.72. The lowest BCUT2D eigenvalue weighted by atomic mass is 9.95. The molecule has 2 rings (SSSR count). The highest BCUT2D eigenvalue weighted by Gasteiger charge is 2.42. The molecule has 0 aromatic rings. The third-order valence-electron chi connectivity index (χ3n) is 4.17. The third-order valence-corrected chi connectivity index (χ3v) is 4.17. The largest absolute Gasteiger partial charge is 0.303 e. The fourth-order valence-corrected chi connectivity index (χ4v) is 2.89. The van der Waals surface area contributed by atoms with E-state index in [9.17, 15) is 0 Å². The predicted octanol–water partition coefficient (Wildman–Crippen LogP) is 3.30. The van der Waals surface area contributed by atoms with Crippen LogP contribution in [0.2, 0.25) is 0 Å². The molecule has 1 saturated carbocycles. The zero-order valence-corrected chi connectivity index (χ0v) is 9.89. The zero-order valence-electron chi connectivity index (χ0n) is 9.89. The summed E-state index contributed by atoms with van der Waals surface area (Å²) >= 11 is 0. The Morgan fingerprint density at radius 2 is 1.86 bits per heavy atom. The van der Waals surface area contributed by atoms with Gasteiger partial charge in [0.15, 0.2) is 0 Å². The van der Waals surface area contributed by atoms with Crippen LogP contribution in [0.15, 0.2) is 0 Å². The lowest BCUT2D eigenvalue weighted by Crippen LogP contribution is -2.37. The van der Waals surface area contributed by atoms with Crippen LogP contribution in [-0.2, 0) is 0 Å². The summed E-state index contributed by atoms with van der Waals surface area (Å²) in [4.78, 5) is 2.72. The van der Waals surface area contributed by atoms with Crippen LogP contribution < -0.4 is 0 Å². The first-order chi connectivity index (χ1) is 6.74. The molecule has 0 bridgehead atoms. The van der Waals surface area contributed by atoms with Crippen LogP contribution in [0.3, 0.4) is 0 Å². The second kappa shape index (κ2) is 4.22. The highest BCUT2D eigenvalue weighted by molar-refractivity contribution is 4.95. The summed E-state index contributed by atoms with van der Waals surface area (Å²) in [5.74, 6) is 0.979. The van der Waals surface area contributed by atoms with E-state index in [0.29, 0.717) is 0 Å². The van der Waals surface area contributed by atoms with Crippen molar-refractivity contribution in [3.05, 3.63) is 0 Å². The Hall–Kier alpha value is -0.0400. The van der Waals surface area contributed by atoms with Crippen molar-refractivity contribution in [3.63, 3.8) is 0 Å². The summed E-state index contributed by atoms with van der Waals surface area (Å²) in [6, 6.07) is 0. The number of likely N-dealkylation sites (tertiary alicyclic amines) is 1. The number of piperidine rings is 1. The van der Waals surface area contributed by atoms with Crippen molar-refractivity contribution in [2.75, 3.05) is 19.6 Å². The second-order valence-corrected chi connectivity index (χ2v) is 5.71. The van der Waals surface area contributed by atoms with Gasteiger partial charge in [0.05, 0.1) is 0 Å². The molecule has 1 heteroatoms. The summed E-state index contributed by atoms with van der Waals surface area (Å²) in [7, 11) is 0. The van der Waals surface area contributed by atoms with E-state index in [1.165, 1.54) is 58.2 Å². The van der Waals surface area contributed by atoms with Gasteiger partial charge in [-0.1, -0.05) is 20.3 Å². The van der Waals surface area contributed by atoms with Crippen LogP contribution in [0, 0.1) is 11.3 Å². The molecule has 0 aromatic carbocycles. The summed E-state index contributed by atoms with van der Waals surface area (Å²) in [6.07, 6.45) is 8.73. The second-order valence-electron chi connectivity index (χ2n) is 5.71. The quantitative estimate of drug-likeness (QED) is 0.665. The molecule has 0 amide bonds. The van der Waals surface area contributed by atoms with E-state index in [-0.39, 0.29) is 0 Å². The van der Waals surface area contributed by atoms with Crippen molar-refractivity contribution < 1.29 is 0 Å². The normalized spacial score (nSPS) is 27.9. The molecular formula is C13H25N. The van der Waals surface area contributed by atoms with Crippen LogP contribution in [0.4, 0.5) is 0 Å². The van der Waals surface area contributed by atoms with Gasteiger partial charge in [0.25, 0.3) is 0 Å². The SMILES string of the molecule is CCCC1(CN2CCC(C)CC2)CC1. The minimum Gasteiger partial charge on any atom is -0.303 e. The van der Waals surface area contributed by atoms with E-state index in [0.717, 1.165) is 11.3 Å². The van der Waals surface area contributed by atoms with Gasteiger partial charge in [-0.15, -0.1) is 0 Å².